The molecule has 0 saturated carbocycles. The fourth-order valence-electron chi connectivity index (χ4n) is 3.63. The highest BCUT2D eigenvalue weighted by atomic mass is 32.2. The fourth-order valence-corrected chi connectivity index (χ4v) is 5.00. The number of aromatic amines is 1. The number of para-hydroxylation sites is 1. The second kappa shape index (κ2) is 8.11. The van der Waals surface area contributed by atoms with E-state index >= 15 is 0 Å². The molecule has 1 saturated heterocycles. The van der Waals surface area contributed by atoms with Crippen LogP contribution in [0.5, 0.6) is 5.88 Å². The van der Waals surface area contributed by atoms with Crippen LogP contribution in [-0.2, 0) is 14.8 Å². The maximum absolute atomic E-state index is 13.0. The largest absolute Gasteiger partial charge is 0.494 e. The lowest BCUT2D eigenvalue weighted by molar-refractivity contribution is 0.123. The Morgan fingerprint density at radius 2 is 1.90 bits per heavy atom. The molecule has 9 heteroatoms. The zero-order valence-electron chi connectivity index (χ0n) is 16.2. The molecule has 1 aliphatic heterocycles. The Kier molecular flexibility index (Phi) is 5.55. The van der Waals surface area contributed by atoms with Crippen molar-refractivity contribution in [2.45, 2.75) is 4.90 Å². The average molecular weight is 417 g/mol. The number of aromatic hydroxyl groups is 1. The van der Waals surface area contributed by atoms with Crippen LogP contribution in [0.1, 0.15) is 0 Å². The van der Waals surface area contributed by atoms with Crippen molar-refractivity contribution in [2.24, 2.45) is 0 Å². The molecule has 0 aliphatic carbocycles. The molecule has 0 spiro atoms. The van der Waals surface area contributed by atoms with E-state index in [1.54, 1.807) is 19.2 Å². The first-order chi connectivity index (χ1) is 14.0. The number of methoxy groups -OCH3 is 1. The van der Waals surface area contributed by atoms with Crippen LogP contribution >= 0.6 is 0 Å². The molecule has 8 nitrogen and oxygen atoms in total. The molecule has 0 bridgehead atoms. The van der Waals surface area contributed by atoms with E-state index < -0.39 is 10.0 Å². The first-order valence-electron chi connectivity index (χ1n) is 9.48. The minimum Gasteiger partial charge on any atom is -0.494 e. The fraction of sp³-hybridized carbons (Fsp3) is 0.350. The molecule has 0 radical (unpaired) electrons. The predicted molar refractivity (Wildman–Crippen MR) is 110 cm³/mol. The lowest BCUT2D eigenvalue weighted by Gasteiger charge is -2.33. The quantitative estimate of drug-likeness (QED) is 0.637. The first-order valence-corrected chi connectivity index (χ1v) is 10.9. The monoisotopic (exact) mass is 416 g/mol. The number of sulfonamides is 1. The van der Waals surface area contributed by atoms with Gasteiger partial charge in [-0.2, -0.15) is 4.31 Å². The van der Waals surface area contributed by atoms with Crippen molar-refractivity contribution < 1.29 is 18.3 Å². The van der Waals surface area contributed by atoms with Crippen LogP contribution in [0.3, 0.4) is 0 Å². The summed E-state index contributed by atoms with van der Waals surface area (Å²) in [5.41, 5.74) is 1.88. The highest BCUT2D eigenvalue weighted by molar-refractivity contribution is 7.89. The number of nitrogens with one attached hydrogen (secondary N) is 1. The van der Waals surface area contributed by atoms with Crippen molar-refractivity contribution in [1.82, 2.24) is 19.2 Å². The van der Waals surface area contributed by atoms with E-state index in [2.05, 4.69) is 14.9 Å². The number of fused-ring (bicyclic) bond motifs is 1. The number of hydrogen-bond donors (Lipinski definition) is 2. The number of H-pyrrole nitrogens is 1. The van der Waals surface area contributed by atoms with E-state index in [0.717, 1.165) is 17.4 Å². The summed E-state index contributed by atoms with van der Waals surface area (Å²) in [4.78, 5) is 9.60. The van der Waals surface area contributed by atoms with Crippen molar-refractivity contribution in [3.8, 4) is 17.1 Å². The summed E-state index contributed by atoms with van der Waals surface area (Å²) in [7, 11) is -1.94. The van der Waals surface area contributed by atoms with Crippen LogP contribution in [0.15, 0.2) is 47.5 Å². The van der Waals surface area contributed by atoms with Crippen molar-refractivity contribution in [1.29, 1.82) is 0 Å². The number of piperazine rings is 1. The molecule has 0 atom stereocenters. The second-order valence-corrected chi connectivity index (χ2v) is 8.95. The van der Waals surface area contributed by atoms with E-state index in [9.17, 15) is 13.5 Å². The second-order valence-electron chi connectivity index (χ2n) is 7.01. The van der Waals surface area contributed by atoms with Gasteiger partial charge < -0.3 is 14.8 Å². The standard InChI is InChI=1S/C20H24N4O4S/c1-28-13-12-23-8-10-24(11-9-23)29(26,27)15-6-7-18(21-14-15)19-16-4-2-3-5-17(16)22-20(19)25/h2-7,14,22,25H,8-13H2,1H3. The Labute approximate surface area is 169 Å². The Bertz CT molecular complexity index is 1090. The normalized spacial score (nSPS) is 16.4. The van der Waals surface area contributed by atoms with E-state index in [4.69, 9.17) is 4.74 Å². The summed E-state index contributed by atoms with van der Waals surface area (Å²) in [6.07, 6.45) is 1.36. The van der Waals surface area contributed by atoms with Gasteiger partial charge in [-0.3, -0.25) is 9.88 Å². The van der Waals surface area contributed by atoms with E-state index in [-0.39, 0.29) is 10.8 Å². The van der Waals surface area contributed by atoms with Crippen molar-refractivity contribution in [2.75, 3.05) is 46.4 Å². The molecule has 3 aromatic rings. The van der Waals surface area contributed by atoms with Gasteiger partial charge in [0.05, 0.1) is 17.9 Å². The SMILES string of the molecule is COCCN1CCN(S(=O)(=O)c2ccc(-c3c(O)[nH]c4ccccc34)nc2)CC1. The van der Waals surface area contributed by atoms with Crippen LogP contribution in [0.25, 0.3) is 22.2 Å². The number of hydrogen-bond acceptors (Lipinski definition) is 6. The summed E-state index contributed by atoms with van der Waals surface area (Å²) >= 11 is 0. The number of rotatable bonds is 6. The third-order valence-corrected chi connectivity index (χ3v) is 7.14. The highest BCUT2D eigenvalue weighted by Crippen LogP contribution is 2.35. The van der Waals surface area contributed by atoms with Gasteiger partial charge in [0.1, 0.15) is 4.90 Å². The number of aromatic nitrogens is 2. The molecule has 1 aliphatic rings. The average Bonchev–Trinajstić information content (AvgIpc) is 3.08. The maximum atomic E-state index is 13.0. The van der Waals surface area contributed by atoms with Crippen molar-refractivity contribution in [3.63, 3.8) is 0 Å². The Hall–Kier alpha value is -2.46. The van der Waals surface area contributed by atoms with Crippen LogP contribution in [0.2, 0.25) is 0 Å². The van der Waals surface area contributed by atoms with Crippen molar-refractivity contribution >= 4 is 20.9 Å². The van der Waals surface area contributed by atoms with E-state index in [1.807, 2.05) is 24.3 Å². The van der Waals surface area contributed by atoms with Gasteiger partial charge in [0.2, 0.25) is 10.0 Å². The van der Waals surface area contributed by atoms with Crippen LogP contribution in [0, 0.1) is 0 Å². The molecule has 0 amide bonds. The van der Waals surface area contributed by atoms with Crippen LogP contribution in [0.4, 0.5) is 0 Å². The molecule has 154 valence electrons. The molecule has 0 unspecified atom stereocenters. The highest BCUT2D eigenvalue weighted by Gasteiger charge is 2.28. The number of pyridine rings is 1. The molecular formula is C20H24N4O4S. The Balaban J connectivity index is 1.54. The van der Waals surface area contributed by atoms with Gasteiger partial charge >= 0.3 is 0 Å². The third-order valence-electron chi connectivity index (χ3n) is 5.26. The van der Waals surface area contributed by atoms with Gasteiger partial charge in [0.15, 0.2) is 5.88 Å². The Morgan fingerprint density at radius 1 is 1.14 bits per heavy atom. The zero-order chi connectivity index (χ0) is 20.4. The van der Waals surface area contributed by atoms with Crippen LogP contribution < -0.4 is 0 Å². The van der Waals surface area contributed by atoms with Crippen LogP contribution in [-0.4, -0.2) is 79.1 Å². The summed E-state index contributed by atoms with van der Waals surface area (Å²) in [5.74, 6) is 0.0153. The van der Waals surface area contributed by atoms with Gasteiger partial charge in [-0.25, -0.2) is 8.42 Å². The first kappa shape index (κ1) is 19.8. The lowest BCUT2D eigenvalue weighted by Crippen LogP contribution is -2.49. The van der Waals surface area contributed by atoms with Gasteiger partial charge in [0, 0.05) is 56.9 Å². The molecule has 3 heterocycles. The molecule has 1 fully saturated rings. The number of benzene rings is 1. The van der Waals surface area contributed by atoms with Crippen molar-refractivity contribution in [3.05, 3.63) is 42.6 Å². The zero-order valence-corrected chi connectivity index (χ0v) is 17.0. The van der Waals surface area contributed by atoms with Gasteiger partial charge in [-0.1, -0.05) is 18.2 Å². The summed E-state index contributed by atoms with van der Waals surface area (Å²) < 4.78 is 32.5. The molecule has 2 N–H and O–H groups in total. The maximum Gasteiger partial charge on any atom is 0.244 e. The lowest BCUT2D eigenvalue weighted by atomic mass is 10.1. The summed E-state index contributed by atoms with van der Waals surface area (Å²) in [6.45, 7) is 3.68. The summed E-state index contributed by atoms with van der Waals surface area (Å²) in [5, 5.41) is 11.1. The molecule has 29 heavy (non-hydrogen) atoms. The van der Waals surface area contributed by atoms with Gasteiger partial charge in [-0.15, -0.1) is 0 Å². The summed E-state index contributed by atoms with van der Waals surface area (Å²) in [6, 6.07) is 10.7. The molecule has 4 rings (SSSR count). The minimum atomic E-state index is -3.60. The molecule has 2 aromatic heterocycles. The number of ether oxygens (including phenoxy) is 1. The minimum absolute atomic E-state index is 0.0153. The van der Waals surface area contributed by atoms with Gasteiger partial charge in [0.25, 0.3) is 0 Å². The number of nitrogens with zero attached hydrogens (tertiary/aromatic N) is 3. The third kappa shape index (κ3) is 3.86. The topological polar surface area (TPSA) is 98.8 Å². The Morgan fingerprint density at radius 3 is 2.59 bits per heavy atom. The molecular weight excluding hydrogens is 392 g/mol. The predicted octanol–water partition coefficient (Wildman–Crippen LogP) is 1.89. The van der Waals surface area contributed by atoms with Gasteiger partial charge in [-0.05, 0) is 18.2 Å². The van der Waals surface area contributed by atoms with E-state index in [1.165, 1.54) is 10.5 Å². The van der Waals surface area contributed by atoms with E-state index in [0.29, 0.717) is 44.0 Å². The molecule has 1 aromatic carbocycles. The smallest absolute Gasteiger partial charge is 0.244 e.